The maximum absolute atomic E-state index is 12.1. The molecule has 1 aromatic carbocycles. The zero-order valence-corrected chi connectivity index (χ0v) is 11.9. The summed E-state index contributed by atoms with van der Waals surface area (Å²) in [6, 6.07) is 12.4. The first-order valence-electron chi connectivity index (χ1n) is 7.56. The van der Waals surface area contributed by atoms with Gasteiger partial charge in [0, 0.05) is 24.4 Å². The van der Waals surface area contributed by atoms with Gasteiger partial charge in [-0.2, -0.15) is 0 Å². The molecule has 1 amide bonds. The average Bonchev–Trinajstić information content (AvgIpc) is 3.13. The first-order chi connectivity index (χ1) is 10.3. The fourth-order valence-corrected chi connectivity index (χ4v) is 3.82. The van der Waals surface area contributed by atoms with Crippen molar-refractivity contribution in [2.75, 3.05) is 6.54 Å². The van der Waals surface area contributed by atoms with E-state index in [9.17, 15) is 4.79 Å². The standard InChI is InChI=1S/C18H18N2O/c21-17(14-5-3-9-19-11-14)20-12-15-10-18(15)8-7-13-4-1-2-6-16(13)18/h1-6,9,11,15H,7-8,10,12H2,(H,20,21)/t15-,18+/m0/s1. The molecule has 4 rings (SSSR count). The lowest BCUT2D eigenvalue weighted by atomic mass is 9.95. The summed E-state index contributed by atoms with van der Waals surface area (Å²) < 4.78 is 0. The molecule has 2 aliphatic rings. The first kappa shape index (κ1) is 12.6. The molecule has 2 aliphatic carbocycles. The smallest absolute Gasteiger partial charge is 0.252 e. The molecule has 21 heavy (non-hydrogen) atoms. The molecule has 106 valence electrons. The molecule has 3 heteroatoms. The topological polar surface area (TPSA) is 42.0 Å². The Hall–Kier alpha value is -2.16. The van der Waals surface area contributed by atoms with Crippen LogP contribution in [0.3, 0.4) is 0 Å². The Balaban J connectivity index is 1.42. The van der Waals surface area contributed by atoms with Gasteiger partial charge in [0.15, 0.2) is 0 Å². The number of fused-ring (bicyclic) bond motifs is 2. The number of pyridine rings is 1. The first-order valence-corrected chi connectivity index (χ1v) is 7.56. The number of aromatic nitrogens is 1. The average molecular weight is 278 g/mol. The highest BCUT2D eigenvalue weighted by molar-refractivity contribution is 5.93. The number of rotatable bonds is 3. The third kappa shape index (κ3) is 2.04. The zero-order chi connectivity index (χ0) is 14.3. The van der Waals surface area contributed by atoms with Gasteiger partial charge in [0.05, 0.1) is 5.56 Å². The summed E-state index contributed by atoms with van der Waals surface area (Å²) in [6.07, 6.45) is 6.92. The number of carbonyl (C=O) groups excluding carboxylic acids is 1. The van der Waals surface area contributed by atoms with Crippen molar-refractivity contribution in [1.82, 2.24) is 10.3 Å². The van der Waals surface area contributed by atoms with E-state index in [1.54, 1.807) is 24.5 Å². The summed E-state index contributed by atoms with van der Waals surface area (Å²) in [4.78, 5) is 16.1. The molecule has 2 aromatic rings. The van der Waals surface area contributed by atoms with Gasteiger partial charge < -0.3 is 5.32 Å². The number of carbonyl (C=O) groups is 1. The summed E-state index contributed by atoms with van der Waals surface area (Å²) in [5.41, 5.74) is 4.00. The largest absolute Gasteiger partial charge is 0.352 e. The second-order valence-electron chi connectivity index (χ2n) is 6.17. The van der Waals surface area contributed by atoms with Crippen molar-refractivity contribution < 1.29 is 4.79 Å². The number of nitrogens with one attached hydrogen (secondary N) is 1. The molecule has 1 aromatic heterocycles. The number of benzene rings is 1. The molecule has 0 unspecified atom stereocenters. The van der Waals surface area contributed by atoms with E-state index in [0.717, 1.165) is 6.54 Å². The highest BCUT2D eigenvalue weighted by Crippen LogP contribution is 2.61. The highest BCUT2D eigenvalue weighted by atomic mass is 16.1. The van der Waals surface area contributed by atoms with E-state index in [1.165, 1.54) is 30.4 Å². The van der Waals surface area contributed by atoms with Crippen LogP contribution in [0.5, 0.6) is 0 Å². The second-order valence-corrected chi connectivity index (χ2v) is 6.17. The van der Waals surface area contributed by atoms with Crippen molar-refractivity contribution in [1.29, 1.82) is 0 Å². The van der Waals surface area contributed by atoms with Crippen molar-refractivity contribution >= 4 is 5.91 Å². The molecule has 1 fully saturated rings. The number of hydrogen-bond donors (Lipinski definition) is 1. The Morgan fingerprint density at radius 3 is 3.05 bits per heavy atom. The third-order valence-electron chi connectivity index (χ3n) is 5.06. The van der Waals surface area contributed by atoms with Gasteiger partial charge in [-0.25, -0.2) is 0 Å². The van der Waals surface area contributed by atoms with Gasteiger partial charge in [0.25, 0.3) is 5.91 Å². The van der Waals surface area contributed by atoms with E-state index in [-0.39, 0.29) is 5.91 Å². The van der Waals surface area contributed by atoms with Gasteiger partial charge in [0.1, 0.15) is 0 Å². The number of hydrogen-bond acceptors (Lipinski definition) is 2. The normalized spacial score (nSPS) is 25.6. The molecule has 3 nitrogen and oxygen atoms in total. The van der Waals surface area contributed by atoms with E-state index in [4.69, 9.17) is 0 Å². The van der Waals surface area contributed by atoms with Crippen LogP contribution in [-0.2, 0) is 11.8 Å². The number of nitrogens with zero attached hydrogens (tertiary/aromatic N) is 1. The van der Waals surface area contributed by atoms with Crippen LogP contribution in [0, 0.1) is 5.92 Å². The van der Waals surface area contributed by atoms with Gasteiger partial charge >= 0.3 is 0 Å². The van der Waals surface area contributed by atoms with E-state index >= 15 is 0 Å². The molecule has 1 N–H and O–H groups in total. The summed E-state index contributed by atoms with van der Waals surface area (Å²) in [5.74, 6) is 0.568. The van der Waals surface area contributed by atoms with Gasteiger partial charge in [0.2, 0.25) is 0 Å². The van der Waals surface area contributed by atoms with Crippen LogP contribution in [-0.4, -0.2) is 17.4 Å². The molecule has 0 bridgehead atoms. The highest BCUT2D eigenvalue weighted by Gasteiger charge is 2.57. The molecular weight excluding hydrogens is 260 g/mol. The lowest BCUT2D eigenvalue weighted by molar-refractivity contribution is 0.0950. The van der Waals surface area contributed by atoms with Crippen molar-refractivity contribution in [3.8, 4) is 0 Å². The van der Waals surface area contributed by atoms with Crippen molar-refractivity contribution in [3.05, 3.63) is 65.5 Å². The van der Waals surface area contributed by atoms with Crippen molar-refractivity contribution in [2.45, 2.75) is 24.7 Å². The molecule has 0 radical (unpaired) electrons. The number of aryl methyl sites for hydroxylation is 1. The predicted octanol–water partition coefficient (Wildman–Crippen LogP) is 2.72. The third-order valence-corrected chi connectivity index (χ3v) is 5.06. The van der Waals surface area contributed by atoms with Crippen molar-refractivity contribution in [3.63, 3.8) is 0 Å². The second kappa shape index (κ2) is 4.69. The van der Waals surface area contributed by atoms with E-state index < -0.39 is 0 Å². The number of amides is 1. The quantitative estimate of drug-likeness (QED) is 0.938. The maximum Gasteiger partial charge on any atom is 0.252 e. The van der Waals surface area contributed by atoms with Crippen molar-refractivity contribution in [2.24, 2.45) is 5.92 Å². The molecular formula is C18H18N2O. The van der Waals surface area contributed by atoms with E-state index in [1.807, 2.05) is 0 Å². The molecule has 2 atom stereocenters. The van der Waals surface area contributed by atoms with Crippen LogP contribution < -0.4 is 5.32 Å². The Labute approximate surface area is 124 Å². The Bertz CT molecular complexity index is 683. The van der Waals surface area contributed by atoms with Gasteiger partial charge in [-0.3, -0.25) is 9.78 Å². The Kier molecular flexibility index (Phi) is 2.81. The van der Waals surface area contributed by atoms with Crippen LogP contribution in [0.25, 0.3) is 0 Å². The fraction of sp³-hybridized carbons (Fsp3) is 0.333. The van der Waals surface area contributed by atoms with Crippen LogP contribution in [0.15, 0.2) is 48.8 Å². The van der Waals surface area contributed by atoms with Crippen LogP contribution in [0.2, 0.25) is 0 Å². The molecule has 0 aliphatic heterocycles. The fourth-order valence-electron chi connectivity index (χ4n) is 3.82. The van der Waals surface area contributed by atoms with Gasteiger partial charge in [-0.15, -0.1) is 0 Å². The monoisotopic (exact) mass is 278 g/mol. The zero-order valence-electron chi connectivity index (χ0n) is 11.9. The summed E-state index contributed by atoms with van der Waals surface area (Å²) >= 11 is 0. The van der Waals surface area contributed by atoms with Crippen LogP contribution >= 0.6 is 0 Å². The summed E-state index contributed by atoms with van der Waals surface area (Å²) in [6.45, 7) is 0.766. The summed E-state index contributed by atoms with van der Waals surface area (Å²) in [5, 5.41) is 3.06. The summed E-state index contributed by atoms with van der Waals surface area (Å²) in [7, 11) is 0. The molecule has 1 saturated carbocycles. The van der Waals surface area contributed by atoms with Crippen LogP contribution in [0.1, 0.15) is 34.3 Å². The van der Waals surface area contributed by atoms with Crippen LogP contribution in [0.4, 0.5) is 0 Å². The van der Waals surface area contributed by atoms with E-state index in [2.05, 4.69) is 34.6 Å². The van der Waals surface area contributed by atoms with Gasteiger partial charge in [-0.1, -0.05) is 24.3 Å². The minimum absolute atomic E-state index is 0.0172. The predicted molar refractivity (Wildman–Crippen MR) is 81.1 cm³/mol. The minimum Gasteiger partial charge on any atom is -0.352 e. The van der Waals surface area contributed by atoms with Gasteiger partial charge in [-0.05, 0) is 48.4 Å². The molecule has 1 heterocycles. The van der Waals surface area contributed by atoms with E-state index in [0.29, 0.717) is 16.9 Å². The SMILES string of the molecule is O=C(NC[C@@H]1C[C@]12CCc1ccccc12)c1cccnc1. The molecule has 0 saturated heterocycles. The molecule has 1 spiro atoms. The lowest BCUT2D eigenvalue weighted by Gasteiger charge is -2.12. The minimum atomic E-state index is -0.0172. The lowest BCUT2D eigenvalue weighted by Crippen LogP contribution is -2.27. The Morgan fingerprint density at radius 2 is 2.19 bits per heavy atom. The Morgan fingerprint density at radius 1 is 1.29 bits per heavy atom. The maximum atomic E-state index is 12.1.